The second-order valence-corrected chi connectivity index (χ2v) is 41.4. The maximum atomic E-state index is 12.4. The lowest BCUT2D eigenvalue weighted by Gasteiger charge is -2.27. The number of likely N-dealkylation sites (tertiary alicyclic amines) is 6. The fraction of sp³-hybridized carbons (Fsp3) is 0.602. The van der Waals surface area contributed by atoms with Gasteiger partial charge in [-0.3, -0.25) is 34.4 Å². The standard InChI is InChI=1S/C15H21N2O5P.C14H22N3O5P.2C14H21N2O5PS.C13H19N2O5PS.C13H18NO6P/c1-14(2,3)21-13(19)17-9-15(20,7-11(17)12(18)22-23)10-5-4-6-16-8-10;1-13(2,3)21-12(19)17-8-14(20,7-9(17)10(18)22-23)11-15-5-6-16(11)4;1-8-6-23-11(15-8)14(19)5-9(10(17)21-22)16(7-14)12(18)20-13(2,3)4;1-7(2)20-13(18)16-6-14(19,5-10(16)11(17)21-22)12-15-8(3)9(4)23-12;1-12(2,3)19-11(17)15-7-13(18,10-14-4-5-22-10)6-8(15)9(16)20-21;1-8(2)19-12(16)14-7-13(17,10-4-3-5-18-10)6-9(14)11(15)20-21/h4-6,8,11,20H,7,9,23H2,1-3H3;5-6,9,20H,7-8,23H2,1-4H3;6,9,19H,5,7,22H2,1-4H3;7,10,19H,5-6,22H2,1-4H3;4-5,8,18H,6-7,21H2,1-3H3;3-5,8-9,17H,6-7,21H2,1-2H3/t11-,15-;2*9-,14-;10-,14-;8-,13-;9-,13-/m000000/s1. The van der Waals surface area contributed by atoms with Crippen molar-refractivity contribution in [2.24, 2.45) is 7.05 Å². The van der Waals surface area contributed by atoms with Gasteiger partial charge >= 0.3 is 72.4 Å². The minimum Gasteiger partial charge on any atom is -0.466 e. The zero-order chi connectivity index (χ0) is 102. The number of aryl methyl sites for hydroxylation is 4. The number of hydrogen-bond donors (Lipinski definition) is 6. The number of rotatable bonds is 14. The van der Waals surface area contributed by atoms with Crippen LogP contribution >= 0.6 is 90.8 Å². The summed E-state index contributed by atoms with van der Waals surface area (Å²) in [4.78, 5) is 175. The molecular formula is C83H122N12O31P6S3. The van der Waals surface area contributed by atoms with Crippen LogP contribution in [0.25, 0.3) is 0 Å². The Hall–Kier alpha value is -8.69. The number of carbonyl (C=O) groups excluding carboxylic acids is 12. The third kappa shape index (κ3) is 29.9. The number of β-amino-alcohol motifs (C(OH)–C–C–N with tert-alkyl or cyclic N) is 6. The van der Waals surface area contributed by atoms with Crippen molar-refractivity contribution in [2.45, 2.75) is 275 Å². The monoisotopic (exact) mass is 2060 g/mol. The smallest absolute Gasteiger partial charge is 0.411 e. The van der Waals surface area contributed by atoms with Crippen molar-refractivity contribution in [2.75, 3.05) is 39.3 Å². The van der Waals surface area contributed by atoms with Gasteiger partial charge in [0.2, 0.25) is 0 Å². The van der Waals surface area contributed by atoms with Crippen LogP contribution in [-0.4, -0.2) is 272 Å². The van der Waals surface area contributed by atoms with Gasteiger partial charge in [-0.15, -0.1) is 34.0 Å². The van der Waals surface area contributed by atoms with Crippen LogP contribution in [0.5, 0.6) is 0 Å². The molecule has 6 amide bonds. The fourth-order valence-corrected chi connectivity index (χ4v) is 18.3. The Morgan fingerprint density at radius 1 is 0.430 bits per heavy atom. The summed E-state index contributed by atoms with van der Waals surface area (Å²) in [7, 11) is 12.9. The van der Waals surface area contributed by atoms with Crippen LogP contribution < -0.4 is 0 Å². The lowest BCUT2D eigenvalue weighted by atomic mass is 9.92. The van der Waals surface area contributed by atoms with Crippen LogP contribution in [0.3, 0.4) is 0 Å². The van der Waals surface area contributed by atoms with Gasteiger partial charge in [-0.05, 0) is 150 Å². The maximum Gasteiger partial charge on any atom is 0.411 e. The van der Waals surface area contributed by atoms with Gasteiger partial charge in [0.05, 0.1) is 120 Å². The van der Waals surface area contributed by atoms with Crippen LogP contribution in [0, 0.1) is 20.8 Å². The minimum atomic E-state index is -1.45. The summed E-state index contributed by atoms with van der Waals surface area (Å²) >= 11 is 3.93. The lowest BCUT2D eigenvalue weighted by Crippen LogP contribution is -2.44. The Balaban J connectivity index is 0.000000221. The predicted molar refractivity (Wildman–Crippen MR) is 504 cm³/mol. The van der Waals surface area contributed by atoms with E-state index in [-0.39, 0.29) is 90.0 Å². The number of thiazole rings is 3. The van der Waals surface area contributed by atoms with Crippen LogP contribution in [0.2, 0.25) is 0 Å². The largest absolute Gasteiger partial charge is 0.466 e. The summed E-state index contributed by atoms with van der Waals surface area (Å²) < 4.78 is 66.4. The van der Waals surface area contributed by atoms with E-state index < -0.39 is 165 Å². The topological polar surface area (TPSA) is 539 Å². The summed E-state index contributed by atoms with van der Waals surface area (Å²) in [5.41, 5.74) is -9.11. The summed E-state index contributed by atoms with van der Waals surface area (Å²) in [6, 6.07) is 1.08. The Bertz CT molecular complexity index is 5090. The average Bonchev–Trinajstić information content (AvgIpc) is 1.62. The van der Waals surface area contributed by atoms with Gasteiger partial charge < -0.3 is 95.2 Å². The number of imidazole rings is 1. The number of pyridine rings is 1. The fourth-order valence-electron chi connectivity index (χ4n) is 14.7. The zero-order valence-corrected chi connectivity index (χ0v) is 87.9. The molecule has 12 heterocycles. The molecule has 52 heteroatoms. The van der Waals surface area contributed by atoms with Gasteiger partial charge in [-0.2, -0.15) is 0 Å². The third-order valence-corrected chi connectivity index (χ3v) is 25.5. The molecule has 748 valence electrons. The molecule has 0 bridgehead atoms. The van der Waals surface area contributed by atoms with Crippen LogP contribution in [0.4, 0.5) is 28.8 Å². The molecule has 12 rings (SSSR count). The van der Waals surface area contributed by atoms with Gasteiger partial charge in [0, 0.05) is 103 Å². The van der Waals surface area contributed by atoms with E-state index in [1.165, 1.54) is 71.0 Å². The van der Waals surface area contributed by atoms with Gasteiger partial charge in [-0.1, -0.05) is 6.07 Å². The molecule has 6 aromatic heterocycles. The van der Waals surface area contributed by atoms with Gasteiger partial charge in [0.25, 0.3) is 0 Å². The molecule has 6 aliphatic heterocycles. The first-order valence-electron chi connectivity index (χ1n) is 41.9. The number of ether oxygens (including phenoxy) is 6. The molecule has 6 fully saturated rings. The second-order valence-electron chi connectivity index (χ2n) is 37.1. The van der Waals surface area contributed by atoms with E-state index >= 15 is 0 Å². The van der Waals surface area contributed by atoms with E-state index in [1.54, 1.807) is 177 Å². The number of nitrogens with zero attached hydrogens (tertiary/aromatic N) is 12. The highest BCUT2D eigenvalue weighted by Crippen LogP contribution is 2.45. The molecule has 43 nitrogen and oxygen atoms in total. The van der Waals surface area contributed by atoms with Crippen molar-refractivity contribution in [1.29, 1.82) is 0 Å². The number of aliphatic hydroxyl groups is 6. The Labute approximate surface area is 807 Å². The molecule has 0 aromatic carbocycles. The summed E-state index contributed by atoms with van der Waals surface area (Å²) in [6.45, 7) is 32.8. The first-order valence-corrected chi connectivity index (χ1v) is 47.3. The van der Waals surface area contributed by atoms with Crippen molar-refractivity contribution < 1.29 is 148 Å². The van der Waals surface area contributed by atoms with Gasteiger partial charge in [-0.25, -0.2) is 77.5 Å². The molecule has 0 spiro atoms. The Kier molecular flexibility index (Phi) is 38.9. The summed E-state index contributed by atoms with van der Waals surface area (Å²) in [5, 5.41) is 70.1. The van der Waals surface area contributed by atoms with Gasteiger partial charge in [0.15, 0.2) is 0 Å². The SMILES string of the molecule is CC(C)(C)OC(=O)N1C[C@](O)(c2cccnc2)C[C@H]1C(=O)OP.CC(C)(C)OC(=O)N1C[C@](O)(c2nccs2)C[C@H]1C(=O)OP.CC(C)OC(=O)N1C[C@](O)(c2ccco2)C[C@H]1C(=O)OP.Cc1csc([C@]2(O)C[C@@H](C(=O)OP)N(C(=O)OC(C)(C)C)C2)n1.Cc1nc([C@]2(O)C[C@@H](C(=O)OP)N(C(=O)OC(C)C)C2)sc1C.Cn1ccnc1[C@]1(O)C[C@@H](C(=O)OP)N(C(=O)OC(C)(C)C)C1. The first-order chi connectivity index (χ1) is 62.5. The summed E-state index contributed by atoms with van der Waals surface area (Å²) in [6.07, 6.45) is 4.73. The van der Waals surface area contributed by atoms with E-state index in [4.69, 9.17) is 32.8 Å². The molecule has 0 saturated carbocycles. The molecule has 6 saturated heterocycles. The Morgan fingerprint density at radius 3 is 1.08 bits per heavy atom. The van der Waals surface area contributed by atoms with Crippen molar-refractivity contribution in [3.05, 3.63) is 121 Å². The van der Waals surface area contributed by atoms with Gasteiger partial charge in [0.1, 0.15) is 119 Å². The normalized spacial score (nSPS) is 24.7. The highest BCUT2D eigenvalue weighted by molar-refractivity contribution is 7.12. The second kappa shape index (κ2) is 46.4. The van der Waals surface area contributed by atoms with Crippen molar-refractivity contribution in [3.63, 3.8) is 0 Å². The number of hydrogen-bond acceptors (Lipinski definition) is 39. The molecule has 6 unspecified atom stereocenters. The minimum absolute atomic E-state index is 0.00959. The lowest BCUT2D eigenvalue weighted by molar-refractivity contribution is -0.139. The highest BCUT2D eigenvalue weighted by atomic mass is 32.1. The highest BCUT2D eigenvalue weighted by Gasteiger charge is 2.58. The van der Waals surface area contributed by atoms with Crippen molar-refractivity contribution in [3.8, 4) is 0 Å². The number of aromatic nitrogens is 6. The molecular weight excluding hydrogens is 1940 g/mol. The quantitative estimate of drug-likeness (QED) is 0.0436. The van der Waals surface area contributed by atoms with Crippen LogP contribution in [0.1, 0.15) is 198 Å². The zero-order valence-electron chi connectivity index (χ0n) is 78.5. The van der Waals surface area contributed by atoms with Crippen LogP contribution in [0.15, 0.2) is 76.7 Å². The first kappa shape index (κ1) is 113. The van der Waals surface area contributed by atoms with Crippen molar-refractivity contribution >= 4 is 163 Å². The molecule has 6 aromatic rings. The van der Waals surface area contributed by atoms with Crippen molar-refractivity contribution in [1.82, 2.24) is 58.9 Å². The Morgan fingerprint density at radius 2 is 0.778 bits per heavy atom. The van der Waals surface area contributed by atoms with E-state index in [2.05, 4.69) is 52.1 Å². The molecule has 0 aliphatic carbocycles. The van der Waals surface area contributed by atoms with E-state index in [1.807, 2.05) is 83.0 Å². The van der Waals surface area contributed by atoms with E-state index in [0.29, 0.717) is 32.2 Å². The molecule has 18 atom stereocenters. The third-order valence-electron chi connectivity index (χ3n) is 20.7. The van der Waals surface area contributed by atoms with E-state index in [0.717, 1.165) is 21.2 Å². The number of furan rings is 1. The number of amides is 6. The molecule has 6 N–H and O–H groups in total. The number of carbonyl (C=O) groups is 12. The molecule has 0 radical (unpaired) electrons. The van der Waals surface area contributed by atoms with Crippen LogP contribution in [-0.2, 0) is 125 Å². The average molecular weight is 2070 g/mol. The maximum absolute atomic E-state index is 12.4. The molecule has 135 heavy (non-hydrogen) atoms. The predicted octanol–water partition coefficient (Wildman–Crippen LogP) is 9.54. The van der Waals surface area contributed by atoms with E-state index in [9.17, 15) is 88.2 Å². The molecule has 6 aliphatic rings. The summed E-state index contributed by atoms with van der Waals surface area (Å²) in [5.74, 6) is -3.08.